The molecular weight excluding hydrogens is 867 g/mol. The van der Waals surface area contributed by atoms with E-state index >= 15 is 17.4 Å². The first-order valence-corrected chi connectivity index (χ1v) is 24.2. The second-order valence-electron chi connectivity index (χ2n) is 20.1. The lowest BCUT2D eigenvalue weighted by Crippen LogP contribution is -2.62. The molecule has 1 aromatic heterocycles. The fourth-order valence-electron chi connectivity index (χ4n) is 13.6. The average molecular weight is 916 g/mol. The molecule has 8 aromatic carbocycles. The van der Waals surface area contributed by atoms with Gasteiger partial charge < -0.3 is 22.7 Å². The molecule has 3 heterocycles. The van der Waals surface area contributed by atoms with Gasteiger partial charge in [0.25, 0.3) is 0 Å². The van der Waals surface area contributed by atoms with Gasteiger partial charge in [-0.25, -0.2) is 8.78 Å². The third-order valence-corrected chi connectivity index (χ3v) is 16.4. The highest BCUT2D eigenvalue weighted by atomic mass is 19.2. The number of aromatic nitrogens is 1. The molecule has 2 aliphatic heterocycles. The number of esters is 1. The van der Waals surface area contributed by atoms with Crippen molar-refractivity contribution < 1.29 is 26.9 Å². The molecule has 342 valence electrons. The second-order valence-corrected chi connectivity index (χ2v) is 20.1. The molecule has 0 N–H and O–H groups in total. The lowest BCUT2D eigenvalue weighted by molar-refractivity contribution is -0.134. The van der Waals surface area contributed by atoms with Gasteiger partial charge in [-0.05, 0) is 214 Å². The normalized spacial score (nSPS) is 18.0. The van der Waals surface area contributed by atoms with E-state index in [1.165, 1.54) is 82.2 Å². The van der Waals surface area contributed by atoms with Crippen LogP contribution in [0.4, 0.5) is 17.4 Å². The predicted molar refractivity (Wildman–Crippen MR) is 270 cm³/mol. The molecule has 13 rings (SSSR count). The fourth-order valence-corrected chi connectivity index (χ4v) is 13.6. The summed E-state index contributed by atoms with van der Waals surface area (Å²) in [6, 6.07) is 36.7. The van der Waals surface area contributed by atoms with Crippen molar-refractivity contribution in [3.63, 3.8) is 0 Å². The van der Waals surface area contributed by atoms with E-state index < -0.39 is 24.1 Å². The van der Waals surface area contributed by atoms with Crippen molar-refractivity contribution in [3.8, 4) is 17.0 Å². The van der Waals surface area contributed by atoms with Crippen LogP contribution in [-0.4, -0.2) is 22.2 Å². The Balaban J connectivity index is 0.877. The zero-order valence-corrected chi connectivity index (χ0v) is 39.2. The van der Waals surface area contributed by atoms with Gasteiger partial charge in [0.15, 0.2) is 0 Å². The van der Waals surface area contributed by atoms with E-state index in [1.54, 1.807) is 12.1 Å². The van der Waals surface area contributed by atoms with Crippen molar-refractivity contribution in [2.45, 2.75) is 85.1 Å². The van der Waals surface area contributed by atoms with Crippen LogP contribution in [0.25, 0.3) is 59.9 Å². The maximum atomic E-state index is 18.5. The number of nitrogens with zero attached hydrogens (tertiary/aromatic N) is 2. The van der Waals surface area contributed by atoms with Gasteiger partial charge in [-0.15, -0.1) is 0 Å². The quantitative estimate of drug-likeness (QED) is 0.0416. The minimum Gasteiger partial charge on any atom is -0.457 e. The van der Waals surface area contributed by atoms with Crippen LogP contribution in [0, 0.1) is 32.4 Å². The van der Waals surface area contributed by atoms with Crippen molar-refractivity contribution in [1.29, 1.82) is 0 Å². The molecule has 0 saturated carbocycles. The largest absolute Gasteiger partial charge is 0.530 e. The molecular formula is C60H48BF4N2O2-. The lowest BCUT2D eigenvalue weighted by Gasteiger charge is -2.56. The van der Waals surface area contributed by atoms with Crippen LogP contribution in [0.15, 0.2) is 132 Å². The average Bonchev–Trinajstić information content (AvgIpc) is 3.77. The van der Waals surface area contributed by atoms with Crippen molar-refractivity contribution in [2.24, 2.45) is 0 Å². The van der Waals surface area contributed by atoms with Crippen molar-refractivity contribution in [1.82, 2.24) is 9.29 Å². The number of rotatable bonds is 6. The van der Waals surface area contributed by atoms with Crippen LogP contribution >= 0.6 is 0 Å². The highest BCUT2D eigenvalue weighted by Gasteiger charge is 2.59. The zero-order valence-electron chi connectivity index (χ0n) is 39.2. The first-order valence-electron chi connectivity index (χ1n) is 24.2. The van der Waals surface area contributed by atoms with Gasteiger partial charge in [-0.1, -0.05) is 78.9 Å². The molecule has 2 aliphatic carbocycles. The van der Waals surface area contributed by atoms with E-state index in [9.17, 15) is 4.79 Å². The number of fused-ring (bicyclic) bond motifs is 12. The van der Waals surface area contributed by atoms with Crippen LogP contribution in [0.2, 0.25) is 0 Å². The molecule has 4 nitrogen and oxygen atoms in total. The number of carbonyl (C=O) groups is 1. The van der Waals surface area contributed by atoms with Crippen molar-refractivity contribution in [3.05, 3.63) is 200 Å². The number of allylic oxidation sites excluding steroid dienone is 1. The summed E-state index contributed by atoms with van der Waals surface area (Å²) >= 11 is 0. The molecule has 0 amide bonds. The predicted octanol–water partition coefficient (Wildman–Crippen LogP) is 14.9. The van der Waals surface area contributed by atoms with E-state index in [0.29, 0.717) is 78.1 Å². The molecule has 0 fully saturated rings. The summed E-state index contributed by atoms with van der Waals surface area (Å²) in [6.07, 6.45) is 3.78. The number of hydrogen-bond acceptors (Lipinski definition) is 3. The topological polar surface area (TPSA) is 34.5 Å². The Hall–Kier alpha value is -7.13. The SMILES string of the molecule is CC1=C2CCc3ccc(F)cc3C2(C)N2C1=C(c1c(C)cc(OC(=O)CCCc3ccc4c5cccc6cccc(c7cccc3c74)c65)cc1C)c1c(C)c3c(n1[B-]2(F)F)-c1cc(F)ccc1CC3. The van der Waals surface area contributed by atoms with E-state index in [2.05, 4.69) is 66.7 Å². The standard InChI is InChI=1S/C60H48BF4N2O2/c1-32-28-42(69-52(68)17-8-10-36-21-26-48-46-15-7-12-39-11-6-14-45(54(39)46)47-16-9-13-44(36)55(47)48)29-33(2)53(32)56-57-34(3)43-25-20-37-18-23-40(62)30-49(37)59(43)66(57)61(64,65)67-58(56)35(4)50-27-22-38-19-24-41(63)31-51(38)60(50,67)5/h6-7,9,11-16,18-19,21,23-24,26,28-31H,8,10,17,20,22,25,27H2,1-5H3/q-1. The molecule has 1 unspecified atom stereocenters. The van der Waals surface area contributed by atoms with Gasteiger partial charge in [0.1, 0.15) is 17.4 Å². The number of benzene rings is 8. The Labute approximate surface area is 397 Å². The number of halogens is 4. The van der Waals surface area contributed by atoms with Gasteiger partial charge in [0.05, 0.1) is 5.54 Å². The molecule has 69 heavy (non-hydrogen) atoms. The van der Waals surface area contributed by atoms with E-state index in [-0.39, 0.29) is 12.4 Å². The number of hydrogen-bond donors (Lipinski definition) is 0. The molecule has 1 atom stereocenters. The Morgan fingerprint density at radius 3 is 2.07 bits per heavy atom. The molecule has 0 radical (unpaired) electrons. The number of ether oxygens (including phenoxy) is 1. The van der Waals surface area contributed by atoms with E-state index in [4.69, 9.17) is 4.74 Å². The first-order chi connectivity index (χ1) is 33.2. The van der Waals surface area contributed by atoms with Crippen LogP contribution in [-0.2, 0) is 36.0 Å². The minimum atomic E-state index is -4.61. The zero-order chi connectivity index (χ0) is 47.4. The van der Waals surface area contributed by atoms with Crippen molar-refractivity contribution >= 4 is 61.6 Å². The second kappa shape index (κ2) is 14.7. The summed E-state index contributed by atoms with van der Waals surface area (Å²) in [4.78, 5) is 15.0. The maximum absolute atomic E-state index is 18.5. The Morgan fingerprint density at radius 1 is 0.696 bits per heavy atom. The van der Waals surface area contributed by atoms with Crippen LogP contribution < -0.4 is 4.74 Å². The van der Waals surface area contributed by atoms with E-state index in [0.717, 1.165) is 50.1 Å². The van der Waals surface area contributed by atoms with Crippen molar-refractivity contribution in [2.75, 3.05) is 0 Å². The molecule has 9 aromatic rings. The molecule has 4 aliphatic rings. The smallest absolute Gasteiger partial charge is 0.457 e. The summed E-state index contributed by atoms with van der Waals surface area (Å²) in [6.45, 7) is 4.94. The minimum absolute atomic E-state index is 0.208. The van der Waals surface area contributed by atoms with Gasteiger partial charge in [0, 0.05) is 34.6 Å². The van der Waals surface area contributed by atoms with Crippen LogP contribution in [0.5, 0.6) is 5.75 Å². The van der Waals surface area contributed by atoms with Gasteiger partial charge in [-0.3, -0.25) is 4.79 Å². The van der Waals surface area contributed by atoms with E-state index in [1.807, 2.05) is 46.8 Å². The highest BCUT2D eigenvalue weighted by molar-refractivity contribution is 6.64. The van der Waals surface area contributed by atoms with Crippen LogP contribution in [0.1, 0.15) is 88.9 Å². The summed E-state index contributed by atoms with van der Waals surface area (Å²) in [5.41, 5.74) is 9.73. The van der Waals surface area contributed by atoms with Crippen LogP contribution in [0.3, 0.4) is 0 Å². The lowest BCUT2D eigenvalue weighted by atomic mass is 9.70. The van der Waals surface area contributed by atoms with Gasteiger partial charge >= 0.3 is 12.9 Å². The molecule has 0 bridgehead atoms. The Morgan fingerprint density at radius 2 is 1.33 bits per heavy atom. The Bertz CT molecular complexity index is 3770. The molecule has 0 spiro atoms. The van der Waals surface area contributed by atoms with Gasteiger partial charge in [0.2, 0.25) is 0 Å². The molecule has 9 heteroatoms. The fraction of sp³-hybridized carbons (Fsp3) is 0.217. The third-order valence-electron chi connectivity index (χ3n) is 16.4. The first kappa shape index (κ1) is 42.0. The number of carbonyl (C=O) groups excluding carboxylic acids is 1. The maximum Gasteiger partial charge on any atom is 0.530 e. The molecule has 0 saturated heterocycles. The highest BCUT2D eigenvalue weighted by Crippen LogP contribution is 2.62. The summed E-state index contributed by atoms with van der Waals surface area (Å²) < 4.78 is 74.8. The summed E-state index contributed by atoms with van der Waals surface area (Å²) in [5, 5.41) is 9.89. The summed E-state index contributed by atoms with van der Waals surface area (Å²) in [7, 11) is 0. The third kappa shape index (κ3) is 5.73. The Kier molecular flexibility index (Phi) is 8.95. The monoisotopic (exact) mass is 915 g/mol. The summed E-state index contributed by atoms with van der Waals surface area (Å²) in [5.74, 6) is -0.915. The van der Waals surface area contributed by atoms with Gasteiger partial charge in [-0.2, -0.15) is 0 Å². The number of aryl methyl sites for hydroxylation is 5.